The topological polar surface area (TPSA) is 12.0 Å². The molecule has 0 fully saturated rings. The number of aryl methyl sites for hydroxylation is 1. The summed E-state index contributed by atoms with van der Waals surface area (Å²) in [4.78, 5) is 2.62. The van der Waals surface area contributed by atoms with E-state index in [-0.39, 0.29) is 0 Å². The van der Waals surface area contributed by atoms with E-state index in [4.69, 9.17) is 0 Å². The Labute approximate surface area is 113 Å². The van der Waals surface area contributed by atoms with Crippen LogP contribution in [0.5, 0.6) is 0 Å². The largest absolute Gasteiger partial charge is 0.354 e. The molecule has 0 atom stereocenters. The fourth-order valence-corrected chi connectivity index (χ4v) is 3.59. The van der Waals surface area contributed by atoms with E-state index in [1.54, 1.807) is 0 Å². The second-order valence-electron chi connectivity index (χ2n) is 3.87. The summed E-state index contributed by atoms with van der Waals surface area (Å²) in [5.74, 6) is 0. The van der Waals surface area contributed by atoms with Crippen LogP contribution in [0.3, 0.4) is 0 Å². The first-order valence-electron chi connectivity index (χ1n) is 5.07. The molecule has 1 aliphatic heterocycles. The number of hydrogen-bond donors (Lipinski definition) is 1. The molecular formula is C13H10INS. The quantitative estimate of drug-likeness (QED) is 0.590. The second-order valence-corrected chi connectivity index (χ2v) is 6.20. The van der Waals surface area contributed by atoms with Crippen LogP contribution in [0.15, 0.2) is 46.2 Å². The van der Waals surface area contributed by atoms with Crippen LogP contribution in [0.2, 0.25) is 0 Å². The van der Waals surface area contributed by atoms with Gasteiger partial charge in [0.1, 0.15) is 0 Å². The Balaban J connectivity index is 2.10. The molecule has 80 valence electrons. The van der Waals surface area contributed by atoms with Gasteiger partial charge in [-0.15, -0.1) is 0 Å². The van der Waals surface area contributed by atoms with Crippen LogP contribution in [0.25, 0.3) is 0 Å². The number of anilines is 2. The van der Waals surface area contributed by atoms with E-state index in [0.29, 0.717) is 0 Å². The van der Waals surface area contributed by atoms with Gasteiger partial charge >= 0.3 is 0 Å². The molecule has 2 aromatic rings. The van der Waals surface area contributed by atoms with Gasteiger partial charge in [0.15, 0.2) is 0 Å². The summed E-state index contributed by atoms with van der Waals surface area (Å²) in [6.45, 7) is 2.13. The van der Waals surface area contributed by atoms with Crippen LogP contribution >= 0.6 is 34.4 Å². The van der Waals surface area contributed by atoms with E-state index in [2.05, 4.69) is 71.2 Å². The average Bonchev–Trinajstić information content (AvgIpc) is 2.26. The smallest absolute Gasteiger partial charge is 0.0527 e. The third-order valence-corrected chi connectivity index (χ3v) is 4.36. The summed E-state index contributed by atoms with van der Waals surface area (Å²) >= 11 is 4.19. The minimum atomic E-state index is 1.21. The summed E-state index contributed by atoms with van der Waals surface area (Å²) in [6.07, 6.45) is 0. The van der Waals surface area contributed by atoms with Gasteiger partial charge in [-0.3, -0.25) is 0 Å². The molecular weight excluding hydrogens is 329 g/mol. The summed E-state index contributed by atoms with van der Waals surface area (Å²) in [6, 6.07) is 13.0. The van der Waals surface area contributed by atoms with Gasteiger partial charge in [0.05, 0.1) is 11.4 Å². The van der Waals surface area contributed by atoms with Crippen molar-refractivity contribution >= 4 is 45.7 Å². The molecule has 0 radical (unpaired) electrons. The molecule has 0 spiro atoms. The predicted octanol–water partition coefficient (Wildman–Crippen LogP) is 4.81. The first-order valence-corrected chi connectivity index (χ1v) is 6.97. The number of benzene rings is 2. The molecule has 0 amide bonds. The molecule has 0 bridgehead atoms. The molecule has 1 heterocycles. The maximum absolute atomic E-state index is 3.47. The fraction of sp³-hybridized carbons (Fsp3) is 0.0769. The molecule has 2 aromatic carbocycles. The van der Waals surface area contributed by atoms with Gasteiger partial charge in [0, 0.05) is 13.4 Å². The normalized spacial score (nSPS) is 12.6. The Morgan fingerprint density at radius 3 is 2.50 bits per heavy atom. The molecule has 16 heavy (non-hydrogen) atoms. The van der Waals surface area contributed by atoms with E-state index < -0.39 is 0 Å². The third-order valence-electron chi connectivity index (χ3n) is 2.57. The van der Waals surface area contributed by atoms with E-state index in [1.807, 2.05) is 11.8 Å². The second kappa shape index (κ2) is 3.96. The molecule has 1 N–H and O–H groups in total. The van der Waals surface area contributed by atoms with Gasteiger partial charge in [-0.25, -0.2) is 0 Å². The molecule has 0 saturated heterocycles. The third kappa shape index (κ3) is 1.82. The molecule has 1 nitrogen and oxygen atoms in total. The summed E-state index contributed by atoms with van der Waals surface area (Å²) in [5.41, 5.74) is 3.73. The van der Waals surface area contributed by atoms with Crippen molar-refractivity contribution in [1.82, 2.24) is 0 Å². The summed E-state index contributed by atoms with van der Waals surface area (Å²) < 4.78 is 1.28. The lowest BCUT2D eigenvalue weighted by atomic mass is 10.2. The van der Waals surface area contributed by atoms with E-state index in [0.717, 1.165) is 0 Å². The van der Waals surface area contributed by atoms with Crippen molar-refractivity contribution in [2.45, 2.75) is 16.7 Å². The zero-order chi connectivity index (χ0) is 11.1. The molecule has 1 aliphatic rings. The Morgan fingerprint density at radius 1 is 1.00 bits per heavy atom. The van der Waals surface area contributed by atoms with Crippen molar-refractivity contribution in [2.75, 3.05) is 5.32 Å². The lowest BCUT2D eigenvalue weighted by Gasteiger charge is -2.21. The van der Waals surface area contributed by atoms with Gasteiger partial charge in [-0.2, -0.15) is 0 Å². The highest BCUT2D eigenvalue weighted by molar-refractivity contribution is 14.1. The lowest BCUT2D eigenvalue weighted by Crippen LogP contribution is -1.99. The molecule has 3 rings (SSSR count). The van der Waals surface area contributed by atoms with Crippen LogP contribution in [0.4, 0.5) is 11.4 Å². The molecule has 0 unspecified atom stereocenters. The minimum absolute atomic E-state index is 1.21. The van der Waals surface area contributed by atoms with Crippen LogP contribution in [-0.2, 0) is 0 Å². The number of halogens is 1. The Hall–Kier alpha value is -0.680. The predicted molar refractivity (Wildman–Crippen MR) is 77.7 cm³/mol. The van der Waals surface area contributed by atoms with Gasteiger partial charge in [0.2, 0.25) is 0 Å². The molecule has 0 saturated carbocycles. The standard InChI is InChI=1S/C13H10INS/c1-8-2-4-10-12(6-8)16-13-7-9(14)3-5-11(13)15-10/h2-7,15H,1H3. The van der Waals surface area contributed by atoms with E-state index in [9.17, 15) is 0 Å². The highest BCUT2D eigenvalue weighted by atomic mass is 127. The van der Waals surface area contributed by atoms with Gasteiger partial charge in [0.25, 0.3) is 0 Å². The van der Waals surface area contributed by atoms with E-state index >= 15 is 0 Å². The van der Waals surface area contributed by atoms with Crippen molar-refractivity contribution in [3.05, 3.63) is 45.5 Å². The minimum Gasteiger partial charge on any atom is -0.354 e. The summed E-state index contributed by atoms with van der Waals surface area (Å²) in [5, 5.41) is 3.47. The monoisotopic (exact) mass is 339 g/mol. The SMILES string of the molecule is Cc1ccc2c(c1)Sc1cc(I)ccc1N2. The first-order chi connectivity index (χ1) is 7.72. The van der Waals surface area contributed by atoms with Crippen LogP contribution in [-0.4, -0.2) is 0 Å². The number of rotatable bonds is 0. The molecule has 0 aliphatic carbocycles. The average molecular weight is 339 g/mol. The van der Waals surface area contributed by atoms with Crippen molar-refractivity contribution in [1.29, 1.82) is 0 Å². The van der Waals surface area contributed by atoms with Gasteiger partial charge < -0.3 is 5.32 Å². The van der Waals surface area contributed by atoms with Crippen molar-refractivity contribution in [3.63, 3.8) is 0 Å². The van der Waals surface area contributed by atoms with E-state index in [1.165, 1.54) is 30.3 Å². The summed E-state index contributed by atoms with van der Waals surface area (Å²) in [7, 11) is 0. The Bertz CT molecular complexity index is 516. The lowest BCUT2D eigenvalue weighted by molar-refractivity contribution is 1.28. The zero-order valence-corrected chi connectivity index (χ0v) is 11.7. The van der Waals surface area contributed by atoms with Crippen LogP contribution < -0.4 is 5.32 Å². The van der Waals surface area contributed by atoms with Crippen molar-refractivity contribution in [3.8, 4) is 0 Å². The maximum atomic E-state index is 3.47. The fourth-order valence-electron chi connectivity index (χ4n) is 1.76. The first kappa shape index (κ1) is 10.5. The maximum Gasteiger partial charge on any atom is 0.0527 e. The molecule has 0 aromatic heterocycles. The highest BCUT2D eigenvalue weighted by Gasteiger charge is 2.15. The van der Waals surface area contributed by atoms with Crippen LogP contribution in [0.1, 0.15) is 5.56 Å². The van der Waals surface area contributed by atoms with Crippen LogP contribution in [0, 0.1) is 10.5 Å². The highest BCUT2D eigenvalue weighted by Crippen LogP contribution is 2.44. The Morgan fingerprint density at radius 2 is 1.69 bits per heavy atom. The van der Waals surface area contributed by atoms with Crippen molar-refractivity contribution in [2.24, 2.45) is 0 Å². The number of fused-ring (bicyclic) bond motifs is 2. The zero-order valence-electron chi connectivity index (χ0n) is 8.75. The van der Waals surface area contributed by atoms with Gasteiger partial charge in [-0.05, 0) is 65.4 Å². The van der Waals surface area contributed by atoms with Gasteiger partial charge in [-0.1, -0.05) is 17.8 Å². The van der Waals surface area contributed by atoms with Crippen molar-refractivity contribution < 1.29 is 0 Å². The number of hydrogen-bond acceptors (Lipinski definition) is 2. The molecule has 3 heteroatoms. The number of nitrogens with one attached hydrogen (secondary N) is 1. The Kier molecular flexibility index (Phi) is 2.59.